The Labute approximate surface area is 169 Å². The van der Waals surface area contributed by atoms with E-state index in [1.807, 2.05) is 6.07 Å². The fraction of sp³-hybridized carbons (Fsp3) is 0.682. The van der Waals surface area contributed by atoms with Crippen LogP contribution in [0.2, 0.25) is 0 Å². The molecule has 0 aliphatic heterocycles. The molecule has 5 atom stereocenters. The molecule has 1 aromatic heterocycles. The van der Waals surface area contributed by atoms with E-state index in [-0.39, 0.29) is 30.6 Å². The summed E-state index contributed by atoms with van der Waals surface area (Å²) in [7, 11) is 2.38. The van der Waals surface area contributed by atoms with Crippen LogP contribution >= 0.6 is 0 Å². The molecule has 2 fully saturated rings. The Morgan fingerprint density at radius 3 is 2.52 bits per heavy atom. The number of aldehydes is 1. The first-order valence-electron chi connectivity index (χ1n) is 10.2. The van der Waals surface area contributed by atoms with Gasteiger partial charge in [-0.05, 0) is 55.1 Å². The number of hydrogen-bond acceptors (Lipinski definition) is 7. The molecule has 0 amide bonds. The van der Waals surface area contributed by atoms with Crippen LogP contribution in [0.25, 0.3) is 0 Å². The van der Waals surface area contributed by atoms with Gasteiger partial charge in [-0.2, -0.15) is 0 Å². The second-order valence-electron chi connectivity index (χ2n) is 8.86. The van der Waals surface area contributed by atoms with Gasteiger partial charge in [0.2, 0.25) is 0 Å². The molecular weight excluding hydrogens is 376 g/mol. The Morgan fingerprint density at radius 1 is 1.21 bits per heavy atom. The Bertz CT molecular complexity index is 826. The minimum absolute atomic E-state index is 0.0946. The molecule has 158 valence electrons. The van der Waals surface area contributed by atoms with Crippen molar-refractivity contribution < 1.29 is 33.4 Å². The third-order valence-corrected chi connectivity index (χ3v) is 8.23. The molecule has 0 aromatic carbocycles. The van der Waals surface area contributed by atoms with Crippen molar-refractivity contribution >= 4 is 18.2 Å². The molecule has 0 spiro atoms. The Kier molecular flexibility index (Phi) is 4.64. The summed E-state index contributed by atoms with van der Waals surface area (Å²) in [6.45, 7) is 2.12. The third-order valence-electron chi connectivity index (χ3n) is 8.23. The van der Waals surface area contributed by atoms with Gasteiger partial charge >= 0.3 is 11.9 Å². The topological polar surface area (TPSA) is 103 Å². The molecular formula is C22H28O7. The summed E-state index contributed by atoms with van der Waals surface area (Å²) in [6.07, 6.45) is 4.65. The standard InChI is InChI=1S/C22H28O7/c1-13-14-5-9-22(26)20(12-23,16(14)11-17-15(13)6-10-29-17)7-4-8-21(22,18(24)27-2)19(25)28-3/h6,10,12-14,16,26H,4-5,7-9,11H2,1-3H3. The number of hydrogen-bond donors (Lipinski definition) is 1. The normalized spacial score (nSPS) is 37.4. The van der Waals surface area contributed by atoms with Gasteiger partial charge in [0.05, 0.1) is 25.9 Å². The monoisotopic (exact) mass is 404 g/mol. The molecule has 29 heavy (non-hydrogen) atoms. The van der Waals surface area contributed by atoms with E-state index in [4.69, 9.17) is 13.9 Å². The summed E-state index contributed by atoms with van der Waals surface area (Å²) >= 11 is 0. The quantitative estimate of drug-likeness (QED) is 0.469. The molecule has 1 N–H and O–H groups in total. The molecule has 5 unspecified atom stereocenters. The second-order valence-corrected chi connectivity index (χ2v) is 8.86. The summed E-state index contributed by atoms with van der Waals surface area (Å²) in [5.74, 6) is -0.774. The van der Waals surface area contributed by atoms with E-state index < -0.39 is 28.4 Å². The number of fused-ring (bicyclic) bond motifs is 4. The largest absolute Gasteiger partial charge is 0.469 e. The van der Waals surface area contributed by atoms with Gasteiger partial charge in [0.1, 0.15) is 17.6 Å². The van der Waals surface area contributed by atoms with Crippen molar-refractivity contribution in [3.05, 3.63) is 23.7 Å². The van der Waals surface area contributed by atoms with Gasteiger partial charge in [0.15, 0.2) is 5.41 Å². The van der Waals surface area contributed by atoms with E-state index in [9.17, 15) is 19.5 Å². The van der Waals surface area contributed by atoms with Crippen LogP contribution in [-0.2, 0) is 30.3 Å². The molecule has 7 heteroatoms. The lowest BCUT2D eigenvalue weighted by molar-refractivity contribution is -0.248. The van der Waals surface area contributed by atoms with Crippen LogP contribution in [0.5, 0.6) is 0 Å². The van der Waals surface area contributed by atoms with E-state index in [2.05, 4.69) is 6.92 Å². The van der Waals surface area contributed by atoms with Crippen LogP contribution in [0.1, 0.15) is 56.3 Å². The fourth-order valence-electron chi connectivity index (χ4n) is 6.86. The highest BCUT2D eigenvalue weighted by Gasteiger charge is 2.76. The van der Waals surface area contributed by atoms with Crippen molar-refractivity contribution in [2.75, 3.05) is 14.2 Å². The van der Waals surface area contributed by atoms with Crippen molar-refractivity contribution in [3.8, 4) is 0 Å². The second kappa shape index (κ2) is 6.69. The summed E-state index contributed by atoms with van der Waals surface area (Å²) in [5.41, 5.74) is -3.89. The zero-order valence-electron chi connectivity index (χ0n) is 17.1. The summed E-state index contributed by atoms with van der Waals surface area (Å²) in [6, 6.07) is 1.97. The molecule has 0 radical (unpaired) electrons. The first kappa shape index (κ1) is 20.1. The zero-order chi connectivity index (χ0) is 21.0. The smallest absolute Gasteiger partial charge is 0.326 e. The average molecular weight is 404 g/mol. The highest BCUT2D eigenvalue weighted by molar-refractivity contribution is 6.02. The van der Waals surface area contributed by atoms with Gasteiger partial charge in [-0.25, -0.2) is 0 Å². The van der Waals surface area contributed by atoms with E-state index in [1.54, 1.807) is 6.26 Å². The van der Waals surface area contributed by atoms with E-state index in [0.717, 1.165) is 17.6 Å². The zero-order valence-corrected chi connectivity index (χ0v) is 17.1. The molecule has 3 aliphatic rings. The number of carbonyl (C=O) groups is 3. The van der Waals surface area contributed by atoms with Crippen molar-refractivity contribution in [3.63, 3.8) is 0 Å². The molecule has 3 aliphatic carbocycles. The fourth-order valence-corrected chi connectivity index (χ4v) is 6.86. The summed E-state index contributed by atoms with van der Waals surface area (Å²) < 4.78 is 15.7. The molecule has 1 aromatic rings. The molecule has 4 rings (SSSR count). The van der Waals surface area contributed by atoms with Crippen LogP contribution in [0.15, 0.2) is 16.7 Å². The van der Waals surface area contributed by atoms with E-state index in [1.165, 1.54) is 14.2 Å². The van der Waals surface area contributed by atoms with Gasteiger partial charge in [0.25, 0.3) is 0 Å². The average Bonchev–Trinajstić information content (AvgIpc) is 3.21. The van der Waals surface area contributed by atoms with E-state index in [0.29, 0.717) is 25.7 Å². The number of rotatable bonds is 3. The third kappa shape index (κ3) is 2.25. The lowest BCUT2D eigenvalue weighted by Crippen LogP contribution is -2.73. The minimum atomic E-state index is -1.91. The molecule has 0 saturated heterocycles. The molecule has 0 bridgehead atoms. The van der Waals surface area contributed by atoms with Crippen LogP contribution in [0.4, 0.5) is 0 Å². The first-order valence-corrected chi connectivity index (χ1v) is 10.2. The minimum Gasteiger partial charge on any atom is -0.469 e. The Balaban J connectivity index is 1.90. The van der Waals surface area contributed by atoms with E-state index >= 15 is 0 Å². The highest BCUT2D eigenvalue weighted by Crippen LogP contribution is 2.66. The van der Waals surface area contributed by atoms with Crippen LogP contribution < -0.4 is 0 Å². The maximum Gasteiger partial charge on any atom is 0.326 e. The lowest BCUT2D eigenvalue weighted by atomic mass is 9.40. The number of aliphatic hydroxyl groups is 1. The highest BCUT2D eigenvalue weighted by atomic mass is 16.5. The van der Waals surface area contributed by atoms with Crippen LogP contribution in [-0.4, -0.2) is 43.2 Å². The van der Waals surface area contributed by atoms with Gasteiger partial charge < -0.3 is 23.8 Å². The Hall–Kier alpha value is -2.15. The maximum atomic E-state index is 13.0. The number of methoxy groups -OCH3 is 2. The summed E-state index contributed by atoms with van der Waals surface area (Å²) in [5, 5.41) is 12.1. The van der Waals surface area contributed by atoms with Gasteiger partial charge in [-0.15, -0.1) is 0 Å². The lowest BCUT2D eigenvalue weighted by Gasteiger charge is -2.63. The predicted octanol–water partition coefficient (Wildman–Crippen LogP) is 2.40. The molecule has 7 nitrogen and oxygen atoms in total. The van der Waals surface area contributed by atoms with Gasteiger partial charge in [0, 0.05) is 6.42 Å². The number of ether oxygens (including phenoxy) is 2. The van der Waals surface area contributed by atoms with Crippen LogP contribution in [0, 0.1) is 22.7 Å². The van der Waals surface area contributed by atoms with Gasteiger partial charge in [-0.1, -0.05) is 13.3 Å². The first-order chi connectivity index (χ1) is 13.8. The predicted molar refractivity (Wildman–Crippen MR) is 101 cm³/mol. The molecule has 2 saturated carbocycles. The van der Waals surface area contributed by atoms with Crippen molar-refractivity contribution in [1.82, 2.24) is 0 Å². The van der Waals surface area contributed by atoms with Crippen molar-refractivity contribution in [2.45, 2.75) is 57.0 Å². The van der Waals surface area contributed by atoms with Crippen molar-refractivity contribution in [1.29, 1.82) is 0 Å². The Morgan fingerprint density at radius 2 is 1.90 bits per heavy atom. The van der Waals surface area contributed by atoms with Gasteiger partial charge in [-0.3, -0.25) is 9.59 Å². The maximum absolute atomic E-state index is 13.0. The van der Waals surface area contributed by atoms with Crippen molar-refractivity contribution in [2.24, 2.45) is 22.7 Å². The SMILES string of the molecule is COC(=O)C1(C(=O)OC)CCCC2(C=O)C3Cc4occc4C(C)C3CCC12O. The number of esters is 2. The number of carbonyl (C=O) groups excluding carboxylic acids is 3. The van der Waals surface area contributed by atoms with Crippen LogP contribution in [0.3, 0.4) is 0 Å². The number of furan rings is 1. The molecule has 1 heterocycles. The summed E-state index contributed by atoms with van der Waals surface area (Å²) in [4.78, 5) is 38.7.